The van der Waals surface area contributed by atoms with Gasteiger partial charge in [-0.2, -0.15) is 0 Å². The van der Waals surface area contributed by atoms with E-state index in [1.54, 1.807) is 6.07 Å². The molecular formula is C16H24N2O2. The van der Waals surface area contributed by atoms with E-state index < -0.39 is 0 Å². The molecule has 2 rings (SSSR count). The van der Waals surface area contributed by atoms with E-state index in [1.807, 2.05) is 12.1 Å². The quantitative estimate of drug-likeness (QED) is 0.678. The highest BCUT2D eigenvalue weighted by Crippen LogP contribution is 2.28. The molecule has 1 aromatic carbocycles. The first-order chi connectivity index (χ1) is 9.65. The van der Waals surface area contributed by atoms with E-state index in [0.29, 0.717) is 11.3 Å². The number of carbonyl (C=O) groups excluding carboxylic acids is 1. The van der Waals surface area contributed by atoms with Crippen molar-refractivity contribution >= 4 is 17.3 Å². The fraction of sp³-hybridized carbons (Fsp3) is 0.562. The molecule has 0 atom stereocenters. The topological polar surface area (TPSA) is 55.6 Å². The SMILES string of the molecule is CCCC1CCN(c2ccc(N)c(C(=O)OC)c2)CC1. The number of nitrogens with zero attached hydrogens (tertiary/aromatic N) is 1. The number of benzene rings is 1. The van der Waals surface area contributed by atoms with E-state index in [-0.39, 0.29) is 5.97 Å². The zero-order valence-electron chi connectivity index (χ0n) is 12.4. The summed E-state index contributed by atoms with van der Waals surface area (Å²) in [7, 11) is 1.38. The number of hydrogen-bond acceptors (Lipinski definition) is 4. The van der Waals surface area contributed by atoms with Crippen molar-refractivity contribution in [1.29, 1.82) is 0 Å². The van der Waals surface area contributed by atoms with E-state index in [0.717, 1.165) is 24.7 Å². The fourth-order valence-electron chi connectivity index (χ4n) is 2.92. The van der Waals surface area contributed by atoms with Crippen LogP contribution in [0.25, 0.3) is 0 Å². The molecule has 1 heterocycles. The van der Waals surface area contributed by atoms with Gasteiger partial charge < -0.3 is 15.4 Å². The highest BCUT2D eigenvalue weighted by molar-refractivity contribution is 5.96. The lowest BCUT2D eigenvalue weighted by molar-refractivity contribution is 0.0602. The number of anilines is 2. The molecule has 1 fully saturated rings. The van der Waals surface area contributed by atoms with Gasteiger partial charge in [0.05, 0.1) is 12.7 Å². The second-order valence-corrected chi connectivity index (χ2v) is 5.48. The summed E-state index contributed by atoms with van der Waals surface area (Å²) in [6.07, 6.45) is 5.04. The maximum atomic E-state index is 11.7. The summed E-state index contributed by atoms with van der Waals surface area (Å²) >= 11 is 0. The highest BCUT2D eigenvalue weighted by Gasteiger charge is 2.20. The zero-order chi connectivity index (χ0) is 14.5. The molecule has 110 valence electrons. The molecule has 1 aromatic rings. The van der Waals surface area contributed by atoms with Crippen molar-refractivity contribution in [2.24, 2.45) is 5.92 Å². The summed E-state index contributed by atoms with van der Waals surface area (Å²) in [5.74, 6) is 0.482. The van der Waals surface area contributed by atoms with Crippen molar-refractivity contribution in [3.8, 4) is 0 Å². The second kappa shape index (κ2) is 6.64. The van der Waals surface area contributed by atoms with Gasteiger partial charge in [0.2, 0.25) is 0 Å². The van der Waals surface area contributed by atoms with Crippen molar-refractivity contribution < 1.29 is 9.53 Å². The predicted octanol–water partition coefficient (Wildman–Crippen LogP) is 3.07. The minimum atomic E-state index is -0.370. The van der Waals surface area contributed by atoms with E-state index >= 15 is 0 Å². The Bertz CT molecular complexity index is 466. The fourth-order valence-corrected chi connectivity index (χ4v) is 2.92. The Morgan fingerprint density at radius 3 is 2.70 bits per heavy atom. The van der Waals surface area contributed by atoms with Crippen LogP contribution < -0.4 is 10.6 Å². The van der Waals surface area contributed by atoms with Gasteiger partial charge in [-0.3, -0.25) is 0 Å². The molecule has 1 aliphatic rings. The Balaban J connectivity index is 2.08. The molecule has 1 saturated heterocycles. The summed E-state index contributed by atoms with van der Waals surface area (Å²) in [5, 5.41) is 0. The van der Waals surface area contributed by atoms with Gasteiger partial charge in [-0.15, -0.1) is 0 Å². The lowest BCUT2D eigenvalue weighted by Gasteiger charge is -2.33. The Hall–Kier alpha value is -1.71. The number of rotatable bonds is 4. The minimum absolute atomic E-state index is 0.370. The van der Waals surface area contributed by atoms with Crippen LogP contribution in [-0.2, 0) is 4.74 Å². The molecule has 0 unspecified atom stereocenters. The first-order valence-corrected chi connectivity index (χ1v) is 7.38. The Morgan fingerprint density at radius 1 is 1.40 bits per heavy atom. The van der Waals surface area contributed by atoms with Gasteiger partial charge in [-0.1, -0.05) is 19.8 Å². The van der Waals surface area contributed by atoms with Crippen LogP contribution >= 0.6 is 0 Å². The van der Waals surface area contributed by atoms with Gasteiger partial charge >= 0.3 is 5.97 Å². The molecule has 0 aliphatic carbocycles. The van der Waals surface area contributed by atoms with Crippen LogP contribution in [0.15, 0.2) is 18.2 Å². The van der Waals surface area contributed by atoms with E-state index in [1.165, 1.54) is 32.8 Å². The summed E-state index contributed by atoms with van der Waals surface area (Å²) in [4.78, 5) is 14.0. The van der Waals surface area contributed by atoms with Crippen LogP contribution in [-0.4, -0.2) is 26.2 Å². The van der Waals surface area contributed by atoms with Crippen molar-refractivity contribution in [1.82, 2.24) is 0 Å². The summed E-state index contributed by atoms with van der Waals surface area (Å²) < 4.78 is 4.77. The van der Waals surface area contributed by atoms with Gasteiger partial charge in [0.25, 0.3) is 0 Å². The molecule has 20 heavy (non-hydrogen) atoms. The Morgan fingerprint density at radius 2 is 2.10 bits per heavy atom. The molecule has 0 aromatic heterocycles. The molecule has 4 heteroatoms. The standard InChI is InChI=1S/C16H24N2O2/c1-3-4-12-7-9-18(10-8-12)13-5-6-15(17)14(11-13)16(19)20-2/h5-6,11-12H,3-4,7-10,17H2,1-2H3. The van der Waals surface area contributed by atoms with Crippen LogP contribution in [0.4, 0.5) is 11.4 Å². The molecule has 0 amide bonds. The summed E-state index contributed by atoms with van der Waals surface area (Å²) in [6.45, 7) is 4.35. The van der Waals surface area contributed by atoms with Gasteiger partial charge in [-0.05, 0) is 37.0 Å². The van der Waals surface area contributed by atoms with E-state index in [4.69, 9.17) is 10.5 Å². The van der Waals surface area contributed by atoms with Crippen molar-refractivity contribution in [3.05, 3.63) is 23.8 Å². The average Bonchev–Trinajstić information content (AvgIpc) is 2.48. The number of esters is 1. The highest BCUT2D eigenvalue weighted by atomic mass is 16.5. The summed E-state index contributed by atoms with van der Waals surface area (Å²) in [6, 6.07) is 5.63. The third-order valence-electron chi connectivity index (χ3n) is 4.12. The van der Waals surface area contributed by atoms with Crippen LogP contribution in [0.1, 0.15) is 43.0 Å². The monoisotopic (exact) mass is 276 g/mol. The molecule has 4 nitrogen and oxygen atoms in total. The predicted molar refractivity (Wildman–Crippen MR) is 82.0 cm³/mol. The second-order valence-electron chi connectivity index (χ2n) is 5.48. The summed E-state index contributed by atoms with van der Waals surface area (Å²) in [5.41, 5.74) is 7.83. The molecule has 0 saturated carbocycles. The molecule has 2 N–H and O–H groups in total. The van der Waals surface area contributed by atoms with Crippen LogP contribution in [0.2, 0.25) is 0 Å². The van der Waals surface area contributed by atoms with Crippen molar-refractivity contribution in [2.75, 3.05) is 30.8 Å². The maximum Gasteiger partial charge on any atom is 0.340 e. The number of hydrogen-bond donors (Lipinski definition) is 1. The third kappa shape index (κ3) is 3.24. The maximum absolute atomic E-state index is 11.7. The van der Waals surface area contributed by atoms with Gasteiger partial charge in [0, 0.05) is 24.5 Å². The number of nitrogen functional groups attached to an aromatic ring is 1. The average molecular weight is 276 g/mol. The number of carbonyl (C=O) groups is 1. The Labute approximate surface area is 120 Å². The molecule has 0 spiro atoms. The largest absolute Gasteiger partial charge is 0.465 e. The molecule has 0 bridgehead atoms. The van der Waals surface area contributed by atoms with E-state index in [2.05, 4.69) is 11.8 Å². The number of methoxy groups -OCH3 is 1. The molecular weight excluding hydrogens is 252 g/mol. The van der Waals surface area contributed by atoms with Crippen LogP contribution in [0.5, 0.6) is 0 Å². The molecule has 1 aliphatic heterocycles. The lowest BCUT2D eigenvalue weighted by Crippen LogP contribution is -2.33. The third-order valence-corrected chi connectivity index (χ3v) is 4.12. The zero-order valence-corrected chi connectivity index (χ0v) is 12.4. The van der Waals surface area contributed by atoms with Crippen molar-refractivity contribution in [3.63, 3.8) is 0 Å². The van der Waals surface area contributed by atoms with Crippen molar-refractivity contribution in [2.45, 2.75) is 32.6 Å². The smallest absolute Gasteiger partial charge is 0.340 e. The van der Waals surface area contributed by atoms with Gasteiger partial charge in [0.1, 0.15) is 0 Å². The van der Waals surface area contributed by atoms with Gasteiger partial charge in [-0.25, -0.2) is 4.79 Å². The minimum Gasteiger partial charge on any atom is -0.465 e. The molecule has 0 radical (unpaired) electrons. The van der Waals surface area contributed by atoms with Gasteiger partial charge in [0.15, 0.2) is 0 Å². The lowest BCUT2D eigenvalue weighted by atomic mass is 9.92. The Kier molecular flexibility index (Phi) is 4.88. The normalized spacial score (nSPS) is 16.2. The van der Waals surface area contributed by atoms with E-state index in [9.17, 15) is 4.79 Å². The first-order valence-electron chi connectivity index (χ1n) is 7.38. The van der Waals surface area contributed by atoms with Crippen LogP contribution in [0.3, 0.4) is 0 Å². The van der Waals surface area contributed by atoms with Crippen LogP contribution in [0, 0.1) is 5.92 Å². The first kappa shape index (κ1) is 14.7. The number of ether oxygens (including phenoxy) is 1. The number of piperidine rings is 1. The number of nitrogens with two attached hydrogens (primary N) is 1.